The van der Waals surface area contributed by atoms with Gasteiger partial charge in [-0.05, 0) is 36.6 Å². The van der Waals surface area contributed by atoms with E-state index in [1.807, 2.05) is 0 Å². The fourth-order valence-electron chi connectivity index (χ4n) is 4.07. The summed E-state index contributed by atoms with van der Waals surface area (Å²) >= 11 is 0. The molecule has 3 aromatic rings. The first-order valence-electron chi connectivity index (χ1n) is 11.0. The van der Waals surface area contributed by atoms with Crippen molar-refractivity contribution in [2.24, 2.45) is 5.92 Å². The van der Waals surface area contributed by atoms with Crippen molar-refractivity contribution >= 4 is 17.7 Å². The van der Waals surface area contributed by atoms with E-state index in [9.17, 15) is 23.2 Å². The van der Waals surface area contributed by atoms with Crippen LogP contribution in [0.1, 0.15) is 48.5 Å². The number of pyridine rings is 1. The molecule has 182 valence electrons. The van der Waals surface area contributed by atoms with Gasteiger partial charge in [-0.2, -0.15) is 5.10 Å². The molecule has 35 heavy (non-hydrogen) atoms. The van der Waals surface area contributed by atoms with Crippen molar-refractivity contribution < 1.29 is 28.2 Å². The molecule has 0 aliphatic heterocycles. The van der Waals surface area contributed by atoms with Gasteiger partial charge in [0.1, 0.15) is 11.9 Å². The van der Waals surface area contributed by atoms with Crippen molar-refractivity contribution in [3.05, 3.63) is 76.3 Å². The average molecular weight is 484 g/mol. The smallest absolute Gasteiger partial charge is 0.337 e. The number of nitrogens with zero attached hydrogens (tertiary/aromatic N) is 3. The zero-order chi connectivity index (χ0) is 24.9. The molecule has 9 nitrogen and oxygen atoms in total. The molecule has 1 atom stereocenters. The SMILES string of the molecule is O=C(O)c1ccc(NC(=O)[C@@H](CC2CCCC2)n2ncc(Oc3c(F)cccc3F)cc2=O)nc1. The van der Waals surface area contributed by atoms with Crippen LogP contribution in [0.25, 0.3) is 0 Å². The molecule has 1 amide bonds. The van der Waals surface area contributed by atoms with Crippen molar-refractivity contribution in [3.63, 3.8) is 0 Å². The van der Waals surface area contributed by atoms with Crippen molar-refractivity contribution in [2.75, 3.05) is 5.32 Å². The molecule has 1 saturated carbocycles. The maximum absolute atomic E-state index is 13.9. The molecule has 11 heteroatoms. The maximum Gasteiger partial charge on any atom is 0.337 e. The second-order valence-corrected chi connectivity index (χ2v) is 8.26. The molecule has 0 bridgehead atoms. The lowest BCUT2D eigenvalue weighted by Crippen LogP contribution is -2.36. The molecule has 0 saturated heterocycles. The van der Waals surface area contributed by atoms with E-state index >= 15 is 0 Å². The molecule has 0 spiro atoms. The zero-order valence-corrected chi connectivity index (χ0v) is 18.5. The molecular formula is C24H22F2N4O5. The predicted octanol–water partition coefficient (Wildman–Crippen LogP) is 4.17. The maximum atomic E-state index is 13.9. The van der Waals surface area contributed by atoms with Crippen molar-refractivity contribution in [1.82, 2.24) is 14.8 Å². The Kier molecular flexibility index (Phi) is 7.14. The summed E-state index contributed by atoms with van der Waals surface area (Å²) in [5.74, 6) is -4.07. The molecule has 1 aliphatic rings. The molecule has 1 aromatic carbocycles. The number of rotatable bonds is 8. The number of benzene rings is 1. The number of carboxylic acid groups (broad SMARTS) is 1. The fourth-order valence-corrected chi connectivity index (χ4v) is 4.07. The number of ether oxygens (including phenoxy) is 1. The predicted molar refractivity (Wildman–Crippen MR) is 120 cm³/mol. The highest BCUT2D eigenvalue weighted by atomic mass is 19.1. The van der Waals surface area contributed by atoms with Gasteiger partial charge < -0.3 is 15.2 Å². The third-order valence-electron chi connectivity index (χ3n) is 5.83. The number of aromatic carboxylic acids is 1. The van der Waals surface area contributed by atoms with Crippen LogP contribution in [0.4, 0.5) is 14.6 Å². The molecule has 4 rings (SSSR count). The van der Waals surface area contributed by atoms with Gasteiger partial charge >= 0.3 is 5.97 Å². The number of hydrogen-bond donors (Lipinski definition) is 2. The Bertz CT molecular complexity index is 1270. The van der Waals surface area contributed by atoms with E-state index in [0.717, 1.165) is 61.0 Å². The van der Waals surface area contributed by atoms with E-state index in [-0.39, 0.29) is 23.0 Å². The topological polar surface area (TPSA) is 123 Å². The lowest BCUT2D eigenvalue weighted by atomic mass is 9.98. The van der Waals surface area contributed by atoms with E-state index in [4.69, 9.17) is 9.84 Å². The van der Waals surface area contributed by atoms with Crippen LogP contribution in [-0.2, 0) is 4.79 Å². The zero-order valence-electron chi connectivity index (χ0n) is 18.5. The van der Waals surface area contributed by atoms with Crippen LogP contribution < -0.4 is 15.6 Å². The molecule has 2 aromatic heterocycles. The number of amides is 1. The summed E-state index contributed by atoms with van der Waals surface area (Å²) in [6.07, 6.45) is 6.47. The summed E-state index contributed by atoms with van der Waals surface area (Å²) in [5.41, 5.74) is -0.725. The monoisotopic (exact) mass is 484 g/mol. The second kappa shape index (κ2) is 10.4. The summed E-state index contributed by atoms with van der Waals surface area (Å²) in [7, 11) is 0. The Labute approximate surface area is 198 Å². The van der Waals surface area contributed by atoms with Gasteiger partial charge in [-0.25, -0.2) is 23.2 Å². The van der Waals surface area contributed by atoms with Crippen LogP contribution in [0.5, 0.6) is 11.5 Å². The van der Waals surface area contributed by atoms with Crippen LogP contribution in [0.3, 0.4) is 0 Å². The Morgan fingerprint density at radius 3 is 2.46 bits per heavy atom. The van der Waals surface area contributed by atoms with Crippen LogP contribution in [-0.4, -0.2) is 31.7 Å². The average Bonchev–Trinajstić information content (AvgIpc) is 3.34. The van der Waals surface area contributed by atoms with Gasteiger partial charge in [0, 0.05) is 12.3 Å². The molecule has 1 fully saturated rings. The minimum atomic E-state index is -1.15. The first-order chi connectivity index (χ1) is 16.8. The van der Waals surface area contributed by atoms with E-state index in [0.29, 0.717) is 6.42 Å². The van der Waals surface area contributed by atoms with E-state index < -0.39 is 40.9 Å². The highest BCUT2D eigenvalue weighted by Gasteiger charge is 2.29. The Morgan fingerprint density at radius 1 is 1.14 bits per heavy atom. The van der Waals surface area contributed by atoms with Gasteiger partial charge in [0.2, 0.25) is 0 Å². The van der Waals surface area contributed by atoms with Crippen molar-refractivity contribution in [3.8, 4) is 11.5 Å². The number of hydrogen-bond acceptors (Lipinski definition) is 6. The number of nitrogens with one attached hydrogen (secondary N) is 1. The van der Waals surface area contributed by atoms with Gasteiger partial charge in [-0.1, -0.05) is 31.7 Å². The number of halogens is 2. The largest absolute Gasteiger partial charge is 0.478 e. The van der Waals surface area contributed by atoms with Gasteiger partial charge in [0.15, 0.2) is 23.1 Å². The molecule has 2 N–H and O–H groups in total. The Hall–Kier alpha value is -4.15. The highest BCUT2D eigenvalue weighted by Crippen LogP contribution is 2.32. The van der Waals surface area contributed by atoms with E-state index in [1.165, 1.54) is 18.2 Å². The lowest BCUT2D eigenvalue weighted by molar-refractivity contribution is -0.120. The normalized spacial score (nSPS) is 14.5. The highest BCUT2D eigenvalue weighted by molar-refractivity contribution is 5.93. The number of anilines is 1. The van der Waals surface area contributed by atoms with Crippen LogP contribution in [0.2, 0.25) is 0 Å². The second-order valence-electron chi connectivity index (χ2n) is 8.26. The molecule has 0 radical (unpaired) electrons. The summed E-state index contributed by atoms with van der Waals surface area (Å²) in [4.78, 5) is 41.0. The van der Waals surface area contributed by atoms with Crippen LogP contribution in [0.15, 0.2) is 53.6 Å². The van der Waals surface area contributed by atoms with Crippen LogP contribution >= 0.6 is 0 Å². The molecular weight excluding hydrogens is 462 g/mol. The van der Waals surface area contributed by atoms with Gasteiger partial charge in [0.25, 0.3) is 11.5 Å². The van der Waals surface area contributed by atoms with Crippen LogP contribution in [0, 0.1) is 17.6 Å². The number of carboxylic acids is 1. The summed E-state index contributed by atoms with van der Waals surface area (Å²) in [6.45, 7) is 0. The number of aromatic nitrogens is 3. The summed E-state index contributed by atoms with van der Waals surface area (Å²) in [5, 5.41) is 15.7. The lowest BCUT2D eigenvalue weighted by Gasteiger charge is -2.21. The third kappa shape index (κ3) is 5.68. The van der Waals surface area contributed by atoms with E-state index in [1.54, 1.807) is 0 Å². The Morgan fingerprint density at radius 2 is 1.86 bits per heavy atom. The quantitative estimate of drug-likeness (QED) is 0.492. The summed E-state index contributed by atoms with van der Waals surface area (Å²) < 4.78 is 34.0. The van der Waals surface area contributed by atoms with Gasteiger partial charge in [-0.3, -0.25) is 9.59 Å². The first-order valence-corrected chi connectivity index (χ1v) is 11.0. The number of carbonyl (C=O) groups excluding carboxylic acids is 1. The Balaban J connectivity index is 1.58. The van der Waals surface area contributed by atoms with Gasteiger partial charge in [0.05, 0.1) is 11.8 Å². The number of carbonyl (C=O) groups is 2. The summed E-state index contributed by atoms with van der Waals surface area (Å²) in [6, 6.07) is 5.90. The minimum absolute atomic E-state index is 0.0368. The number of para-hydroxylation sites is 1. The fraction of sp³-hybridized carbons (Fsp3) is 0.292. The van der Waals surface area contributed by atoms with E-state index in [2.05, 4.69) is 15.4 Å². The first kappa shape index (κ1) is 24.0. The molecule has 1 aliphatic carbocycles. The minimum Gasteiger partial charge on any atom is -0.478 e. The van der Waals surface area contributed by atoms with Gasteiger partial charge in [-0.15, -0.1) is 0 Å². The van der Waals surface area contributed by atoms with Crippen molar-refractivity contribution in [1.29, 1.82) is 0 Å². The molecule has 0 unspecified atom stereocenters. The van der Waals surface area contributed by atoms with Crippen molar-refractivity contribution in [2.45, 2.75) is 38.1 Å². The standard InChI is InChI=1S/C24H22F2N4O5/c25-17-6-3-7-18(26)22(17)35-16-11-21(31)30(28-13-16)19(10-14-4-1-2-5-14)23(32)29-20-9-8-15(12-27-20)24(33)34/h3,6-9,11-14,19H,1-2,4-5,10H2,(H,33,34)(H,27,29,32)/t19-/m1/s1. The molecule has 2 heterocycles. The third-order valence-corrected chi connectivity index (χ3v) is 5.83.